The second-order valence-corrected chi connectivity index (χ2v) is 6.16. The fourth-order valence-corrected chi connectivity index (χ4v) is 3.19. The molecule has 0 aliphatic carbocycles. The zero-order chi connectivity index (χ0) is 13.4. The largest absolute Gasteiger partial charge is 0.337 e. The second-order valence-electron chi connectivity index (χ2n) is 5.31. The number of amides is 1. The van der Waals surface area contributed by atoms with E-state index >= 15 is 0 Å². The number of benzene rings is 1. The summed E-state index contributed by atoms with van der Waals surface area (Å²) in [6, 6.07) is 5.51. The molecule has 0 radical (unpaired) electrons. The Kier molecular flexibility index (Phi) is 5.04. The molecule has 2 heterocycles. The second kappa shape index (κ2) is 6.41. The Balaban J connectivity index is 0.00000147. The van der Waals surface area contributed by atoms with Gasteiger partial charge in [-0.05, 0) is 53.4 Å². The molecule has 20 heavy (non-hydrogen) atoms. The maximum absolute atomic E-state index is 13.5. The van der Waals surface area contributed by atoms with Crippen molar-refractivity contribution in [3.8, 4) is 0 Å². The number of carbonyl (C=O) groups is 1. The Morgan fingerprint density at radius 3 is 2.80 bits per heavy atom. The summed E-state index contributed by atoms with van der Waals surface area (Å²) in [6.07, 6.45) is 3.32. The summed E-state index contributed by atoms with van der Waals surface area (Å²) in [5.74, 6) is -0.457. The lowest BCUT2D eigenvalue weighted by Crippen LogP contribution is -2.39. The lowest BCUT2D eigenvalue weighted by Gasteiger charge is -2.24. The van der Waals surface area contributed by atoms with Crippen LogP contribution in [0.15, 0.2) is 22.7 Å². The van der Waals surface area contributed by atoms with E-state index in [1.165, 1.54) is 12.5 Å². The fraction of sp³-hybridized carbons (Fsp3) is 0.500. The number of halogens is 3. The maximum Gasteiger partial charge on any atom is 0.254 e. The van der Waals surface area contributed by atoms with Gasteiger partial charge in [-0.1, -0.05) is 0 Å². The lowest BCUT2D eigenvalue weighted by atomic mass is 10.1. The van der Waals surface area contributed by atoms with Crippen LogP contribution in [0.25, 0.3) is 0 Å². The highest BCUT2D eigenvalue weighted by Gasteiger charge is 2.31. The molecule has 110 valence electrons. The van der Waals surface area contributed by atoms with Crippen LogP contribution in [0.4, 0.5) is 4.39 Å². The highest BCUT2D eigenvalue weighted by atomic mass is 79.9. The minimum Gasteiger partial charge on any atom is -0.337 e. The Labute approximate surface area is 132 Å². The summed E-state index contributed by atoms with van der Waals surface area (Å²) in [5.41, 5.74) is 0.429. The van der Waals surface area contributed by atoms with Gasteiger partial charge in [0.25, 0.3) is 5.91 Å². The Hall–Kier alpha value is -0.650. The van der Waals surface area contributed by atoms with Gasteiger partial charge in [-0.15, -0.1) is 12.4 Å². The van der Waals surface area contributed by atoms with Gasteiger partial charge in [-0.2, -0.15) is 0 Å². The first-order chi connectivity index (χ1) is 9.13. The lowest BCUT2D eigenvalue weighted by molar-refractivity contribution is 0.0747. The highest BCUT2D eigenvalue weighted by molar-refractivity contribution is 9.10. The van der Waals surface area contributed by atoms with Crippen molar-refractivity contribution in [3.63, 3.8) is 0 Å². The molecule has 2 aliphatic rings. The van der Waals surface area contributed by atoms with Crippen molar-refractivity contribution in [2.24, 2.45) is 0 Å². The number of rotatable bonds is 1. The molecule has 0 aromatic heterocycles. The van der Waals surface area contributed by atoms with Crippen LogP contribution in [0, 0.1) is 5.82 Å². The van der Waals surface area contributed by atoms with Crippen LogP contribution in [-0.2, 0) is 0 Å². The van der Waals surface area contributed by atoms with Gasteiger partial charge in [0.1, 0.15) is 5.82 Å². The Bertz CT molecular complexity index is 514. The van der Waals surface area contributed by atoms with Crippen molar-refractivity contribution in [3.05, 3.63) is 34.1 Å². The van der Waals surface area contributed by atoms with Crippen LogP contribution in [0.3, 0.4) is 0 Å². The summed E-state index contributed by atoms with van der Waals surface area (Å²) in [6.45, 7) is 1.48. The first kappa shape index (κ1) is 15.7. The monoisotopic (exact) mass is 362 g/mol. The molecule has 0 saturated carbocycles. The highest BCUT2D eigenvalue weighted by Crippen LogP contribution is 2.23. The summed E-state index contributed by atoms with van der Waals surface area (Å²) in [4.78, 5) is 14.3. The number of nitrogens with zero attached hydrogens (tertiary/aromatic N) is 1. The van der Waals surface area contributed by atoms with E-state index < -0.39 is 0 Å². The van der Waals surface area contributed by atoms with E-state index in [0.717, 1.165) is 25.9 Å². The van der Waals surface area contributed by atoms with Crippen molar-refractivity contribution in [1.82, 2.24) is 10.2 Å². The van der Waals surface area contributed by atoms with Crippen molar-refractivity contribution < 1.29 is 9.18 Å². The van der Waals surface area contributed by atoms with Crippen LogP contribution in [0.1, 0.15) is 29.6 Å². The molecule has 0 spiro atoms. The minimum atomic E-state index is -0.389. The third-order valence-corrected chi connectivity index (χ3v) is 4.62. The standard InChI is InChI=1S/C14H16BrFN2O.ClH/c15-12-4-1-9(7-13(12)16)14(19)18-6-5-10-2-3-11(8-18)17-10;/h1,4,7,10-11,17H,2-3,5-6,8H2;1H. The van der Waals surface area contributed by atoms with Gasteiger partial charge >= 0.3 is 0 Å². The molecule has 1 aromatic carbocycles. The quantitative estimate of drug-likeness (QED) is 0.832. The van der Waals surface area contributed by atoms with E-state index in [1.54, 1.807) is 12.1 Å². The molecule has 2 atom stereocenters. The molecule has 2 fully saturated rings. The molecule has 2 unspecified atom stereocenters. The van der Waals surface area contributed by atoms with Crippen molar-refractivity contribution >= 4 is 34.2 Å². The van der Waals surface area contributed by atoms with E-state index in [9.17, 15) is 9.18 Å². The number of nitrogens with one attached hydrogen (secondary N) is 1. The SMILES string of the molecule is Cl.O=C(c1ccc(Br)c(F)c1)N1CCC2CCC(C1)N2. The molecule has 2 bridgehead atoms. The third kappa shape index (κ3) is 3.15. The summed E-state index contributed by atoms with van der Waals surface area (Å²) in [7, 11) is 0. The molecular weight excluding hydrogens is 347 g/mol. The van der Waals surface area contributed by atoms with Crippen molar-refractivity contribution in [1.29, 1.82) is 0 Å². The molecule has 2 aliphatic heterocycles. The normalized spacial score (nSPS) is 25.0. The first-order valence-corrected chi connectivity index (χ1v) is 7.43. The van der Waals surface area contributed by atoms with Gasteiger partial charge in [-0.3, -0.25) is 4.79 Å². The van der Waals surface area contributed by atoms with E-state index in [-0.39, 0.29) is 24.1 Å². The smallest absolute Gasteiger partial charge is 0.254 e. The van der Waals surface area contributed by atoms with Gasteiger partial charge in [0, 0.05) is 30.7 Å². The number of likely N-dealkylation sites (tertiary alicyclic amines) is 1. The topological polar surface area (TPSA) is 32.3 Å². The summed E-state index contributed by atoms with van der Waals surface area (Å²) >= 11 is 3.10. The third-order valence-electron chi connectivity index (χ3n) is 3.98. The van der Waals surface area contributed by atoms with E-state index in [1.807, 2.05) is 4.90 Å². The van der Waals surface area contributed by atoms with Gasteiger partial charge in [0.05, 0.1) is 4.47 Å². The maximum atomic E-state index is 13.5. The molecule has 3 nitrogen and oxygen atoms in total. The minimum absolute atomic E-state index is 0. The number of carbonyl (C=O) groups excluding carboxylic acids is 1. The molecule has 3 rings (SSSR count). The van der Waals surface area contributed by atoms with Gasteiger partial charge < -0.3 is 10.2 Å². The summed E-state index contributed by atoms with van der Waals surface area (Å²) in [5, 5.41) is 3.53. The molecule has 1 amide bonds. The number of hydrogen-bond donors (Lipinski definition) is 1. The number of fused-ring (bicyclic) bond motifs is 2. The van der Waals surface area contributed by atoms with Crippen LogP contribution in [0.5, 0.6) is 0 Å². The Morgan fingerprint density at radius 2 is 2.05 bits per heavy atom. The average Bonchev–Trinajstić information content (AvgIpc) is 2.72. The van der Waals surface area contributed by atoms with Crippen LogP contribution >= 0.6 is 28.3 Å². The van der Waals surface area contributed by atoms with Gasteiger partial charge in [0.2, 0.25) is 0 Å². The molecule has 2 saturated heterocycles. The van der Waals surface area contributed by atoms with Gasteiger partial charge in [-0.25, -0.2) is 4.39 Å². The average molecular weight is 364 g/mol. The van der Waals surface area contributed by atoms with Crippen LogP contribution in [0.2, 0.25) is 0 Å². The van der Waals surface area contributed by atoms with Crippen molar-refractivity contribution in [2.75, 3.05) is 13.1 Å². The van der Waals surface area contributed by atoms with Crippen LogP contribution < -0.4 is 5.32 Å². The molecule has 1 N–H and O–H groups in total. The predicted molar refractivity (Wildman–Crippen MR) is 81.8 cm³/mol. The predicted octanol–water partition coefficient (Wildman–Crippen LogP) is 2.98. The molecule has 1 aromatic rings. The fourth-order valence-electron chi connectivity index (χ4n) is 2.94. The van der Waals surface area contributed by atoms with Crippen molar-refractivity contribution in [2.45, 2.75) is 31.3 Å². The molecular formula is C14H17BrClFN2O. The van der Waals surface area contributed by atoms with E-state index in [0.29, 0.717) is 22.1 Å². The van der Waals surface area contributed by atoms with Gasteiger partial charge in [0.15, 0.2) is 0 Å². The first-order valence-electron chi connectivity index (χ1n) is 6.64. The summed E-state index contributed by atoms with van der Waals surface area (Å²) < 4.78 is 13.9. The zero-order valence-corrected chi connectivity index (χ0v) is 13.3. The van der Waals surface area contributed by atoms with Crippen LogP contribution in [-0.4, -0.2) is 36.0 Å². The zero-order valence-electron chi connectivity index (χ0n) is 10.9. The molecule has 6 heteroatoms. The Morgan fingerprint density at radius 1 is 1.30 bits per heavy atom. The number of hydrogen-bond acceptors (Lipinski definition) is 2. The van der Waals surface area contributed by atoms with E-state index in [2.05, 4.69) is 21.2 Å². The van der Waals surface area contributed by atoms with E-state index in [4.69, 9.17) is 0 Å².